The Morgan fingerprint density at radius 1 is 1.32 bits per heavy atom. The topological polar surface area (TPSA) is 67.2 Å². The Balaban J connectivity index is 1.90. The first-order valence-corrected chi connectivity index (χ1v) is 7.91. The van der Waals surface area contributed by atoms with Crippen LogP contribution in [0.15, 0.2) is 42.7 Å². The number of carbonyl (C=O) groups excluding carboxylic acids is 1. The second-order valence-corrected chi connectivity index (χ2v) is 6.49. The first-order chi connectivity index (χ1) is 10.5. The van der Waals surface area contributed by atoms with Crippen LogP contribution in [0.1, 0.15) is 5.56 Å². The van der Waals surface area contributed by atoms with Crippen molar-refractivity contribution < 1.29 is 9.00 Å². The zero-order valence-electron chi connectivity index (χ0n) is 12.3. The Hall–Kier alpha value is -2.25. The summed E-state index contributed by atoms with van der Waals surface area (Å²) in [5, 5.41) is 4.55. The number of nitrogens with one attached hydrogen (secondary N) is 1. The Kier molecular flexibility index (Phi) is 3.91. The average molecular weight is 316 g/mol. The average Bonchev–Trinajstić information content (AvgIpc) is 3.05. The van der Waals surface area contributed by atoms with Gasteiger partial charge in [-0.1, -0.05) is 18.2 Å². The molecule has 1 N–H and O–H groups in total. The number of nitrogens with zero attached hydrogens (tertiary/aromatic N) is 3. The van der Waals surface area contributed by atoms with E-state index in [1.54, 1.807) is 12.4 Å². The minimum atomic E-state index is -1.54. The van der Waals surface area contributed by atoms with Crippen LogP contribution in [0.25, 0.3) is 16.2 Å². The molecule has 0 aliphatic carbocycles. The van der Waals surface area contributed by atoms with Gasteiger partial charge in [0.25, 0.3) is 5.91 Å². The lowest BCUT2D eigenvalue weighted by atomic mass is 10.1. The van der Waals surface area contributed by atoms with E-state index in [0.29, 0.717) is 5.03 Å². The van der Waals surface area contributed by atoms with Crippen LogP contribution >= 0.6 is 0 Å². The van der Waals surface area contributed by atoms with E-state index >= 15 is 0 Å². The minimum absolute atomic E-state index is 0.348. The second kappa shape index (κ2) is 5.86. The van der Waals surface area contributed by atoms with Crippen LogP contribution in [-0.4, -0.2) is 38.9 Å². The molecule has 0 saturated carbocycles. The molecule has 1 aliphatic rings. The molecule has 0 saturated heterocycles. The molecular formula is C15H16N4O2S. The molecular weight excluding hydrogens is 300 g/mol. The number of carbonyl (C=O) groups is 1. The normalized spacial score (nSPS) is 17.7. The Morgan fingerprint density at radius 3 is 2.82 bits per heavy atom. The van der Waals surface area contributed by atoms with Gasteiger partial charge in [0.05, 0.1) is 6.20 Å². The summed E-state index contributed by atoms with van der Waals surface area (Å²) < 4.78 is 15.5. The van der Waals surface area contributed by atoms with Crippen LogP contribution in [0, 0.1) is 0 Å². The number of hydrogen-bond acceptors (Lipinski definition) is 4. The Labute approximate surface area is 131 Å². The largest absolute Gasteiger partial charge is 0.305 e. The lowest BCUT2D eigenvalue weighted by Crippen LogP contribution is -2.17. The van der Waals surface area contributed by atoms with Gasteiger partial charge in [-0.3, -0.25) is 9.52 Å². The molecule has 0 bridgehead atoms. The molecule has 1 aliphatic heterocycles. The molecule has 7 heteroatoms. The summed E-state index contributed by atoms with van der Waals surface area (Å²) >= 11 is 0. The lowest BCUT2D eigenvalue weighted by molar-refractivity contribution is -0.114. The predicted molar refractivity (Wildman–Crippen MR) is 85.6 cm³/mol. The molecule has 114 valence electrons. The quantitative estimate of drug-likeness (QED) is 0.920. The molecule has 2 aromatic rings. The summed E-state index contributed by atoms with van der Waals surface area (Å²) in [6.45, 7) is 0.857. The molecule has 0 fully saturated rings. The maximum Gasteiger partial charge on any atom is 0.258 e. The van der Waals surface area contributed by atoms with Crippen molar-refractivity contribution in [3.63, 3.8) is 0 Å². The lowest BCUT2D eigenvalue weighted by Gasteiger charge is -2.10. The molecule has 3 rings (SSSR count). The second-order valence-electron chi connectivity index (χ2n) is 5.33. The molecule has 1 aromatic heterocycles. The van der Waals surface area contributed by atoms with E-state index in [0.717, 1.165) is 17.7 Å². The highest BCUT2D eigenvalue weighted by Gasteiger charge is 2.21. The molecule has 1 aromatic carbocycles. The van der Waals surface area contributed by atoms with Gasteiger partial charge >= 0.3 is 0 Å². The summed E-state index contributed by atoms with van der Waals surface area (Å²) in [7, 11) is 2.51. The summed E-state index contributed by atoms with van der Waals surface area (Å²) in [5.41, 5.74) is 3.16. The van der Waals surface area contributed by atoms with Crippen molar-refractivity contribution in [1.82, 2.24) is 19.4 Å². The summed E-state index contributed by atoms with van der Waals surface area (Å²) in [6, 6.07) is 8.18. The number of amides is 1. The third-order valence-corrected chi connectivity index (χ3v) is 4.28. The van der Waals surface area contributed by atoms with Crippen molar-refractivity contribution in [2.45, 2.75) is 6.54 Å². The summed E-state index contributed by atoms with van der Waals surface area (Å²) in [6.07, 6.45) is 4.78. The van der Waals surface area contributed by atoms with Crippen LogP contribution in [-0.2, 0) is 22.3 Å². The van der Waals surface area contributed by atoms with E-state index in [1.807, 2.05) is 26.2 Å². The SMILES string of the molecule is CN(C)Cc1cccc(-c2cnn(C3=CC(=O)NS3=O)c2)c1. The third kappa shape index (κ3) is 3.00. The standard InChI is InChI=1S/C15H16N4O2S/c1-18(2)9-11-4-3-5-12(6-11)13-8-16-19(10-13)15-7-14(20)17-22(15)21/h3-8,10H,9H2,1-2H3,(H,17,20). The maximum absolute atomic E-state index is 11.8. The van der Waals surface area contributed by atoms with E-state index < -0.39 is 11.0 Å². The van der Waals surface area contributed by atoms with Gasteiger partial charge in [0.2, 0.25) is 0 Å². The monoisotopic (exact) mass is 316 g/mol. The van der Waals surface area contributed by atoms with Crippen LogP contribution in [0.4, 0.5) is 0 Å². The summed E-state index contributed by atoms with van der Waals surface area (Å²) in [5.74, 6) is -0.363. The van der Waals surface area contributed by atoms with Gasteiger partial charge in [0.1, 0.15) is 0 Å². The van der Waals surface area contributed by atoms with Crippen LogP contribution in [0.3, 0.4) is 0 Å². The van der Waals surface area contributed by atoms with Gasteiger partial charge in [0, 0.05) is 24.4 Å². The Morgan fingerprint density at radius 2 is 2.14 bits per heavy atom. The van der Waals surface area contributed by atoms with Crippen LogP contribution in [0.5, 0.6) is 0 Å². The molecule has 1 atom stereocenters. The predicted octanol–water partition coefficient (Wildman–Crippen LogP) is 1.20. The zero-order chi connectivity index (χ0) is 15.7. The minimum Gasteiger partial charge on any atom is -0.305 e. The van der Waals surface area contributed by atoms with Gasteiger partial charge < -0.3 is 4.90 Å². The first-order valence-electron chi connectivity index (χ1n) is 6.76. The van der Waals surface area contributed by atoms with Crippen molar-refractivity contribution in [3.8, 4) is 11.1 Å². The van der Waals surface area contributed by atoms with Gasteiger partial charge in [-0.15, -0.1) is 0 Å². The highest BCUT2D eigenvalue weighted by Crippen LogP contribution is 2.23. The number of rotatable bonds is 4. The third-order valence-electron chi connectivity index (χ3n) is 3.21. The highest BCUT2D eigenvalue weighted by molar-refractivity contribution is 7.93. The van der Waals surface area contributed by atoms with Crippen molar-refractivity contribution in [3.05, 3.63) is 48.3 Å². The Bertz CT molecular complexity index is 779. The van der Waals surface area contributed by atoms with E-state index in [4.69, 9.17) is 0 Å². The van der Waals surface area contributed by atoms with Crippen molar-refractivity contribution >= 4 is 21.9 Å². The van der Waals surface area contributed by atoms with Crippen LogP contribution < -0.4 is 4.72 Å². The fourth-order valence-corrected chi connectivity index (χ4v) is 3.13. The van der Waals surface area contributed by atoms with E-state index in [9.17, 15) is 9.00 Å². The van der Waals surface area contributed by atoms with Crippen LogP contribution in [0.2, 0.25) is 0 Å². The molecule has 2 heterocycles. The molecule has 0 radical (unpaired) electrons. The molecule has 0 spiro atoms. The first kappa shape index (κ1) is 14.7. The fraction of sp³-hybridized carbons (Fsp3) is 0.200. The number of hydrogen-bond donors (Lipinski definition) is 1. The van der Waals surface area contributed by atoms with Gasteiger partial charge in [-0.25, -0.2) is 8.89 Å². The molecule has 1 amide bonds. The fourth-order valence-electron chi connectivity index (χ4n) is 2.30. The van der Waals surface area contributed by atoms with Crippen molar-refractivity contribution in [1.29, 1.82) is 0 Å². The molecule has 6 nitrogen and oxygen atoms in total. The zero-order valence-corrected chi connectivity index (χ0v) is 13.1. The van der Waals surface area contributed by atoms with Gasteiger partial charge in [-0.05, 0) is 31.3 Å². The van der Waals surface area contributed by atoms with E-state index in [2.05, 4.69) is 26.9 Å². The van der Waals surface area contributed by atoms with Crippen molar-refractivity contribution in [2.24, 2.45) is 0 Å². The molecule has 1 unspecified atom stereocenters. The highest BCUT2D eigenvalue weighted by atomic mass is 32.2. The number of benzene rings is 1. The maximum atomic E-state index is 11.8. The smallest absolute Gasteiger partial charge is 0.258 e. The van der Waals surface area contributed by atoms with E-state index in [-0.39, 0.29) is 5.91 Å². The number of aromatic nitrogens is 2. The molecule has 22 heavy (non-hydrogen) atoms. The van der Waals surface area contributed by atoms with E-state index in [1.165, 1.54) is 16.3 Å². The van der Waals surface area contributed by atoms with Gasteiger partial charge in [0.15, 0.2) is 16.0 Å². The van der Waals surface area contributed by atoms with Crippen molar-refractivity contribution in [2.75, 3.05) is 14.1 Å². The summed E-state index contributed by atoms with van der Waals surface area (Å²) in [4.78, 5) is 13.3. The van der Waals surface area contributed by atoms with Gasteiger partial charge in [-0.2, -0.15) is 5.10 Å².